The summed E-state index contributed by atoms with van der Waals surface area (Å²) in [5, 5.41) is 2.60. The van der Waals surface area contributed by atoms with Crippen LogP contribution in [0.3, 0.4) is 0 Å². The number of hydrogen-bond acceptors (Lipinski definition) is 3. The lowest BCUT2D eigenvalue weighted by Crippen LogP contribution is -2.84. The van der Waals surface area contributed by atoms with Gasteiger partial charge in [0.1, 0.15) is 31.6 Å². The maximum Gasteiger partial charge on any atom is 0.161 e. The van der Waals surface area contributed by atoms with Gasteiger partial charge in [0.05, 0.1) is 12.1 Å². The smallest absolute Gasteiger partial charge is 0.161 e. The first-order valence-corrected chi connectivity index (χ1v) is 9.20. The summed E-state index contributed by atoms with van der Waals surface area (Å²) in [6.45, 7) is 2.97. The van der Waals surface area contributed by atoms with Crippen molar-refractivity contribution in [3.05, 3.63) is 58.4 Å². The molecule has 0 amide bonds. The zero-order chi connectivity index (χ0) is 18.4. The van der Waals surface area contributed by atoms with Crippen molar-refractivity contribution in [3.63, 3.8) is 0 Å². The number of ether oxygens (including phenoxy) is 3. The van der Waals surface area contributed by atoms with Gasteiger partial charge in [0.25, 0.3) is 0 Å². The molecule has 0 bridgehead atoms. The molecule has 140 valence electrons. The molecular weight excluding hydrogens is 357 g/mol. The third-order valence-electron chi connectivity index (χ3n) is 4.46. The van der Waals surface area contributed by atoms with Crippen LogP contribution in [0.5, 0.6) is 11.5 Å². The molecule has 2 aromatic rings. The molecule has 1 aliphatic heterocycles. The summed E-state index contributed by atoms with van der Waals surface area (Å²) in [4.78, 5) is 0. The Morgan fingerprint density at radius 1 is 1.23 bits per heavy atom. The summed E-state index contributed by atoms with van der Waals surface area (Å²) >= 11 is 6.04. The van der Waals surface area contributed by atoms with Gasteiger partial charge in [-0.25, -0.2) is 4.39 Å². The highest BCUT2D eigenvalue weighted by Crippen LogP contribution is 2.29. The van der Waals surface area contributed by atoms with Gasteiger partial charge in [-0.2, -0.15) is 0 Å². The zero-order valence-electron chi connectivity index (χ0n) is 14.8. The molecule has 0 aliphatic carbocycles. The highest BCUT2D eigenvalue weighted by Gasteiger charge is 2.17. The van der Waals surface area contributed by atoms with E-state index in [1.807, 2.05) is 18.2 Å². The third-order valence-corrected chi connectivity index (χ3v) is 4.81. The molecule has 6 heteroatoms. The van der Waals surface area contributed by atoms with Crippen LogP contribution in [0.1, 0.15) is 24.0 Å². The van der Waals surface area contributed by atoms with Crippen LogP contribution < -0.4 is 14.8 Å². The second kappa shape index (κ2) is 9.21. The molecule has 1 fully saturated rings. The minimum Gasteiger partial charge on any atom is -0.493 e. The van der Waals surface area contributed by atoms with Crippen LogP contribution in [0.25, 0.3) is 0 Å². The van der Waals surface area contributed by atoms with E-state index in [-0.39, 0.29) is 12.4 Å². The van der Waals surface area contributed by atoms with Gasteiger partial charge >= 0.3 is 0 Å². The van der Waals surface area contributed by atoms with E-state index in [0.29, 0.717) is 22.6 Å². The number of halogens is 2. The van der Waals surface area contributed by atoms with Crippen molar-refractivity contribution in [1.29, 1.82) is 0 Å². The minimum absolute atomic E-state index is 0.250. The Kier molecular flexibility index (Phi) is 6.72. The normalized spacial score (nSPS) is 16.7. The molecule has 2 aromatic carbocycles. The van der Waals surface area contributed by atoms with Crippen molar-refractivity contribution in [2.24, 2.45) is 0 Å². The van der Waals surface area contributed by atoms with Gasteiger partial charge in [-0.3, -0.25) is 0 Å². The average Bonchev–Trinajstić information content (AvgIpc) is 3.15. The Morgan fingerprint density at radius 2 is 2.12 bits per heavy atom. The number of hydrogen-bond donors (Lipinski definition) is 1. The number of quaternary nitrogens is 1. The Morgan fingerprint density at radius 3 is 2.85 bits per heavy atom. The van der Waals surface area contributed by atoms with Crippen LogP contribution in [0.4, 0.5) is 4.39 Å². The van der Waals surface area contributed by atoms with E-state index in [0.717, 1.165) is 43.7 Å². The monoisotopic (exact) mass is 380 g/mol. The predicted molar refractivity (Wildman–Crippen MR) is 98.2 cm³/mol. The Bertz CT molecular complexity index is 735. The van der Waals surface area contributed by atoms with Crippen molar-refractivity contribution in [2.45, 2.75) is 32.1 Å². The summed E-state index contributed by atoms with van der Waals surface area (Å²) < 4.78 is 30.0. The summed E-state index contributed by atoms with van der Waals surface area (Å²) in [5.41, 5.74) is 1.89. The van der Waals surface area contributed by atoms with E-state index in [2.05, 4.69) is 5.32 Å². The molecule has 3 rings (SSSR count). The van der Waals surface area contributed by atoms with E-state index in [9.17, 15) is 4.39 Å². The molecule has 26 heavy (non-hydrogen) atoms. The molecule has 1 heterocycles. The topological polar surface area (TPSA) is 44.3 Å². The number of rotatable bonds is 8. The van der Waals surface area contributed by atoms with E-state index >= 15 is 0 Å². The van der Waals surface area contributed by atoms with Gasteiger partial charge in [0, 0.05) is 17.7 Å². The lowest BCUT2D eigenvalue weighted by atomic mass is 10.2. The van der Waals surface area contributed by atoms with Gasteiger partial charge in [0.2, 0.25) is 0 Å². The molecule has 0 saturated carbocycles. The molecule has 1 atom stereocenters. The lowest BCUT2D eigenvalue weighted by Gasteiger charge is -2.13. The molecule has 0 radical (unpaired) electrons. The van der Waals surface area contributed by atoms with Crippen LogP contribution in [0, 0.1) is 5.82 Å². The molecule has 0 spiro atoms. The summed E-state index contributed by atoms with van der Waals surface area (Å²) in [7, 11) is 1.62. The highest BCUT2D eigenvalue weighted by atomic mass is 35.5. The third kappa shape index (κ3) is 5.10. The lowest BCUT2D eigenvalue weighted by molar-refractivity contribution is -0.676. The van der Waals surface area contributed by atoms with Crippen LogP contribution in [-0.2, 0) is 17.9 Å². The maximum absolute atomic E-state index is 13.1. The Balaban J connectivity index is 1.57. The van der Waals surface area contributed by atoms with Crippen molar-refractivity contribution < 1.29 is 23.9 Å². The van der Waals surface area contributed by atoms with Gasteiger partial charge in [-0.15, -0.1) is 0 Å². The minimum atomic E-state index is -0.361. The first kappa shape index (κ1) is 19.0. The second-order valence-electron chi connectivity index (χ2n) is 6.37. The zero-order valence-corrected chi connectivity index (χ0v) is 15.6. The molecule has 0 unspecified atom stereocenters. The molecule has 0 aromatic heterocycles. The van der Waals surface area contributed by atoms with E-state index in [4.69, 9.17) is 25.8 Å². The largest absolute Gasteiger partial charge is 0.493 e. The van der Waals surface area contributed by atoms with Gasteiger partial charge < -0.3 is 19.5 Å². The highest BCUT2D eigenvalue weighted by molar-refractivity contribution is 6.31. The van der Waals surface area contributed by atoms with Crippen LogP contribution in [0.15, 0.2) is 36.4 Å². The quantitative estimate of drug-likeness (QED) is 0.764. The van der Waals surface area contributed by atoms with Crippen LogP contribution in [-0.4, -0.2) is 26.4 Å². The van der Waals surface area contributed by atoms with Crippen molar-refractivity contribution >= 4 is 11.6 Å². The maximum atomic E-state index is 13.1. The average molecular weight is 381 g/mol. The molecule has 2 N–H and O–H groups in total. The van der Waals surface area contributed by atoms with E-state index < -0.39 is 0 Å². The Labute approximate surface area is 158 Å². The van der Waals surface area contributed by atoms with E-state index in [1.54, 1.807) is 13.2 Å². The number of nitrogens with two attached hydrogens (primary N) is 1. The van der Waals surface area contributed by atoms with E-state index in [1.165, 1.54) is 12.1 Å². The molecule has 1 saturated heterocycles. The number of methoxy groups -OCH3 is 1. The first-order valence-electron chi connectivity index (χ1n) is 8.82. The Hall–Kier alpha value is -1.82. The summed E-state index contributed by atoms with van der Waals surface area (Å²) in [6.07, 6.45) is 2.69. The van der Waals surface area contributed by atoms with Crippen molar-refractivity contribution in [2.75, 3.05) is 20.3 Å². The van der Waals surface area contributed by atoms with Gasteiger partial charge in [-0.05, 0) is 43.2 Å². The van der Waals surface area contributed by atoms with Crippen LogP contribution >= 0.6 is 11.6 Å². The standard InChI is InChI=1S/C20H23ClFNO3/c1-24-20-9-14(11-23-12-17-3-2-8-25-17)4-7-19(20)26-13-15-5-6-16(22)10-18(15)21/h4-7,9-10,17,23H,2-3,8,11-13H2,1H3/p+1/t17-/m0/s1. The fourth-order valence-electron chi connectivity index (χ4n) is 3.02. The van der Waals surface area contributed by atoms with Crippen molar-refractivity contribution in [1.82, 2.24) is 0 Å². The van der Waals surface area contributed by atoms with Gasteiger partial charge in [-0.1, -0.05) is 17.7 Å². The van der Waals surface area contributed by atoms with Crippen molar-refractivity contribution in [3.8, 4) is 11.5 Å². The predicted octanol–water partition coefficient (Wildman–Crippen LogP) is 3.31. The molecule has 4 nitrogen and oxygen atoms in total. The molecular formula is C20H24ClFNO3+. The van der Waals surface area contributed by atoms with Crippen LogP contribution in [0.2, 0.25) is 5.02 Å². The fourth-order valence-corrected chi connectivity index (χ4v) is 3.24. The summed E-state index contributed by atoms with van der Waals surface area (Å²) in [5.74, 6) is 0.946. The number of benzene rings is 2. The van der Waals surface area contributed by atoms with Gasteiger partial charge in [0.15, 0.2) is 11.5 Å². The second-order valence-corrected chi connectivity index (χ2v) is 6.78. The summed E-state index contributed by atoms with van der Waals surface area (Å²) in [6, 6.07) is 10.2. The SMILES string of the molecule is COc1cc(C[NH2+]C[C@@H]2CCCO2)ccc1OCc1ccc(F)cc1Cl. The fraction of sp³-hybridized carbons (Fsp3) is 0.400. The first-order chi connectivity index (χ1) is 12.7. The molecule has 1 aliphatic rings.